The van der Waals surface area contributed by atoms with Gasteiger partial charge in [0, 0.05) is 24.6 Å². The molecule has 0 aliphatic carbocycles. The standard InChI is InChI=1S/C24H28N4O4S/c1-17(2)21(27-33(30,31)20-11-7-4-8-12-20)24(29)28-15-13-19(14-16-28)23-25-22(26-32-23)18-9-5-3-6-10-18/h3-12,17,19,21,27H,13-16H2,1-2H3/t21-/m1/s1. The first-order chi connectivity index (χ1) is 15.8. The second kappa shape index (κ2) is 9.84. The molecule has 3 aromatic rings. The summed E-state index contributed by atoms with van der Waals surface area (Å²) in [6.45, 7) is 4.68. The molecule has 1 aliphatic rings. The Morgan fingerprint density at radius 3 is 2.24 bits per heavy atom. The van der Waals surface area contributed by atoms with Crippen LogP contribution in [-0.4, -0.2) is 48.5 Å². The molecule has 33 heavy (non-hydrogen) atoms. The van der Waals surface area contributed by atoms with Gasteiger partial charge in [0.15, 0.2) is 0 Å². The summed E-state index contributed by atoms with van der Waals surface area (Å²) in [6, 6.07) is 16.9. The van der Waals surface area contributed by atoms with Crippen LogP contribution in [0.25, 0.3) is 11.4 Å². The van der Waals surface area contributed by atoms with Crippen LogP contribution in [0.5, 0.6) is 0 Å². The Morgan fingerprint density at radius 1 is 1.03 bits per heavy atom. The number of aromatic nitrogens is 2. The molecule has 0 spiro atoms. The van der Waals surface area contributed by atoms with Crippen molar-refractivity contribution in [2.24, 2.45) is 5.92 Å². The number of carbonyl (C=O) groups excluding carboxylic acids is 1. The van der Waals surface area contributed by atoms with Gasteiger partial charge in [-0.25, -0.2) is 8.42 Å². The fraction of sp³-hybridized carbons (Fsp3) is 0.375. The normalized spacial score (nSPS) is 16.2. The predicted octanol–water partition coefficient (Wildman–Crippen LogP) is 3.45. The van der Waals surface area contributed by atoms with Crippen LogP contribution in [0, 0.1) is 5.92 Å². The van der Waals surface area contributed by atoms with Crippen molar-refractivity contribution in [3.05, 3.63) is 66.6 Å². The van der Waals surface area contributed by atoms with Gasteiger partial charge < -0.3 is 9.42 Å². The number of sulfonamides is 1. The van der Waals surface area contributed by atoms with E-state index in [1.165, 1.54) is 12.1 Å². The zero-order chi connectivity index (χ0) is 23.4. The van der Waals surface area contributed by atoms with E-state index in [1.54, 1.807) is 23.1 Å². The van der Waals surface area contributed by atoms with E-state index < -0.39 is 16.1 Å². The molecule has 1 saturated heterocycles. The van der Waals surface area contributed by atoms with Gasteiger partial charge in [-0.05, 0) is 30.9 Å². The number of hydrogen-bond donors (Lipinski definition) is 1. The smallest absolute Gasteiger partial charge is 0.241 e. The number of nitrogens with zero attached hydrogens (tertiary/aromatic N) is 3. The van der Waals surface area contributed by atoms with Crippen LogP contribution in [0.2, 0.25) is 0 Å². The Bertz CT molecular complexity index is 1170. The summed E-state index contributed by atoms with van der Waals surface area (Å²) in [5.41, 5.74) is 0.894. The Kier molecular flexibility index (Phi) is 6.90. The molecule has 0 radical (unpaired) electrons. The summed E-state index contributed by atoms with van der Waals surface area (Å²) in [5, 5.41) is 4.09. The maximum atomic E-state index is 13.2. The van der Waals surface area contributed by atoms with E-state index in [-0.39, 0.29) is 22.6 Å². The highest BCUT2D eigenvalue weighted by Gasteiger charge is 2.34. The highest BCUT2D eigenvalue weighted by atomic mass is 32.2. The van der Waals surface area contributed by atoms with E-state index in [2.05, 4.69) is 14.9 Å². The molecule has 0 saturated carbocycles. The van der Waals surface area contributed by atoms with Gasteiger partial charge in [-0.15, -0.1) is 0 Å². The lowest BCUT2D eigenvalue weighted by Crippen LogP contribution is -2.52. The third-order valence-electron chi connectivity index (χ3n) is 5.90. The van der Waals surface area contributed by atoms with Crippen LogP contribution in [0.3, 0.4) is 0 Å². The third-order valence-corrected chi connectivity index (χ3v) is 7.35. The van der Waals surface area contributed by atoms with Crippen LogP contribution in [-0.2, 0) is 14.8 Å². The lowest BCUT2D eigenvalue weighted by atomic mass is 9.95. The van der Waals surface area contributed by atoms with Crippen LogP contribution >= 0.6 is 0 Å². The Labute approximate surface area is 194 Å². The van der Waals surface area contributed by atoms with Crippen molar-refractivity contribution in [2.45, 2.75) is 43.5 Å². The summed E-state index contributed by atoms with van der Waals surface area (Å²) < 4.78 is 33.7. The summed E-state index contributed by atoms with van der Waals surface area (Å²) in [7, 11) is -3.80. The summed E-state index contributed by atoms with van der Waals surface area (Å²) in [5.74, 6) is 0.791. The van der Waals surface area contributed by atoms with Crippen molar-refractivity contribution >= 4 is 15.9 Å². The number of amides is 1. The average molecular weight is 469 g/mol. The van der Waals surface area contributed by atoms with E-state index in [1.807, 2.05) is 44.2 Å². The molecule has 2 heterocycles. The maximum absolute atomic E-state index is 13.2. The molecule has 0 unspecified atom stereocenters. The second-order valence-electron chi connectivity index (χ2n) is 8.58. The molecule has 2 aromatic carbocycles. The molecule has 1 amide bonds. The minimum Gasteiger partial charge on any atom is -0.341 e. The van der Waals surface area contributed by atoms with Crippen molar-refractivity contribution < 1.29 is 17.7 Å². The van der Waals surface area contributed by atoms with Crippen molar-refractivity contribution in [2.75, 3.05) is 13.1 Å². The SMILES string of the molecule is CC(C)[C@@H](NS(=O)(=O)c1ccccc1)C(=O)N1CCC(c2nc(-c3ccccc3)no2)CC1. The second-order valence-corrected chi connectivity index (χ2v) is 10.3. The molecule has 174 valence electrons. The fourth-order valence-electron chi connectivity index (χ4n) is 3.96. The predicted molar refractivity (Wildman–Crippen MR) is 124 cm³/mol. The molecular formula is C24H28N4O4S. The largest absolute Gasteiger partial charge is 0.341 e. The molecular weight excluding hydrogens is 440 g/mol. The van der Waals surface area contributed by atoms with E-state index in [0.717, 1.165) is 5.56 Å². The van der Waals surface area contributed by atoms with Gasteiger partial charge in [0.1, 0.15) is 6.04 Å². The molecule has 9 heteroatoms. The molecule has 1 N–H and O–H groups in total. The molecule has 0 bridgehead atoms. The van der Waals surface area contributed by atoms with E-state index in [0.29, 0.717) is 37.6 Å². The van der Waals surface area contributed by atoms with Gasteiger partial charge in [0.2, 0.25) is 27.6 Å². The molecule has 4 rings (SSSR count). The number of likely N-dealkylation sites (tertiary alicyclic amines) is 1. The number of hydrogen-bond acceptors (Lipinski definition) is 6. The summed E-state index contributed by atoms with van der Waals surface area (Å²) in [4.78, 5) is 19.6. The summed E-state index contributed by atoms with van der Waals surface area (Å²) in [6.07, 6.45) is 1.36. The molecule has 1 aliphatic heterocycles. The quantitative estimate of drug-likeness (QED) is 0.569. The van der Waals surface area contributed by atoms with Gasteiger partial charge >= 0.3 is 0 Å². The number of nitrogens with one attached hydrogen (secondary N) is 1. The molecule has 1 fully saturated rings. The van der Waals surface area contributed by atoms with Crippen LogP contribution in [0.4, 0.5) is 0 Å². The van der Waals surface area contributed by atoms with Crippen molar-refractivity contribution in [1.82, 2.24) is 19.8 Å². The number of carbonyl (C=O) groups is 1. The summed E-state index contributed by atoms with van der Waals surface area (Å²) >= 11 is 0. The first-order valence-corrected chi connectivity index (χ1v) is 12.6. The molecule has 1 aromatic heterocycles. The number of piperidine rings is 1. The van der Waals surface area contributed by atoms with Crippen LogP contribution in [0.15, 0.2) is 70.1 Å². The third kappa shape index (κ3) is 5.31. The number of benzene rings is 2. The van der Waals surface area contributed by atoms with Crippen molar-refractivity contribution in [3.8, 4) is 11.4 Å². The van der Waals surface area contributed by atoms with Gasteiger partial charge in [-0.2, -0.15) is 9.71 Å². The van der Waals surface area contributed by atoms with Gasteiger partial charge in [0.25, 0.3) is 0 Å². The minimum atomic E-state index is -3.80. The van der Waals surface area contributed by atoms with E-state index in [4.69, 9.17) is 4.52 Å². The van der Waals surface area contributed by atoms with Crippen LogP contribution in [0.1, 0.15) is 38.5 Å². The minimum absolute atomic E-state index is 0.0672. The first-order valence-electron chi connectivity index (χ1n) is 11.1. The monoisotopic (exact) mass is 468 g/mol. The first kappa shape index (κ1) is 23.1. The molecule has 8 nitrogen and oxygen atoms in total. The van der Waals surface area contributed by atoms with Gasteiger partial charge in [-0.3, -0.25) is 4.79 Å². The maximum Gasteiger partial charge on any atom is 0.241 e. The Morgan fingerprint density at radius 2 is 1.64 bits per heavy atom. The fourth-order valence-corrected chi connectivity index (χ4v) is 5.31. The highest BCUT2D eigenvalue weighted by molar-refractivity contribution is 7.89. The average Bonchev–Trinajstić information content (AvgIpc) is 3.34. The lowest BCUT2D eigenvalue weighted by Gasteiger charge is -2.34. The van der Waals surface area contributed by atoms with Crippen molar-refractivity contribution in [3.63, 3.8) is 0 Å². The zero-order valence-electron chi connectivity index (χ0n) is 18.7. The lowest BCUT2D eigenvalue weighted by molar-refractivity contribution is -0.135. The van der Waals surface area contributed by atoms with Crippen LogP contribution < -0.4 is 4.72 Å². The van der Waals surface area contributed by atoms with Crippen molar-refractivity contribution in [1.29, 1.82) is 0 Å². The molecule has 1 atom stereocenters. The Balaban J connectivity index is 1.40. The number of rotatable bonds is 7. The Hall–Kier alpha value is -3.04. The van der Waals surface area contributed by atoms with E-state index in [9.17, 15) is 13.2 Å². The van der Waals surface area contributed by atoms with Gasteiger partial charge in [0.05, 0.1) is 4.90 Å². The highest BCUT2D eigenvalue weighted by Crippen LogP contribution is 2.29. The van der Waals surface area contributed by atoms with E-state index >= 15 is 0 Å². The zero-order valence-corrected chi connectivity index (χ0v) is 19.5. The van der Waals surface area contributed by atoms with Gasteiger partial charge in [-0.1, -0.05) is 67.5 Å². The topological polar surface area (TPSA) is 105 Å².